The predicted molar refractivity (Wildman–Crippen MR) is 46.9 cm³/mol. The monoisotopic (exact) mass is 231 g/mol. The molecule has 1 aromatic carbocycles. The van der Waals surface area contributed by atoms with Crippen molar-refractivity contribution in [2.45, 2.75) is 6.18 Å². The molecule has 0 amide bonds. The zero-order valence-corrected chi connectivity index (χ0v) is 7.75. The maximum atomic E-state index is 13.3. The highest BCUT2D eigenvalue weighted by Gasteiger charge is 2.31. The molecule has 2 rings (SSSR count). The highest BCUT2D eigenvalue weighted by atomic mass is 19.4. The van der Waals surface area contributed by atoms with Crippen molar-refractivity contribution in [1.29, 1.82) is 0 Å². The summed E-state index contributed by atoms with van der Waals surface area (Å²) in [5.41, 5.74) is -1.13. The molecule has 16 heavy (non-hydrogen) atoms. The molecule has 0 saturated heterocycles. The molecule has 2 aromatic rings. The standard InChI is InChI=1S/C10H5F4NO/c11-8-2-1-6(10(12,13)14)5-7(8)9-3-4-16-15-9/h1-5H. The van der Waals surface area contributed by atoms with Gasteiger partial charge in [0.2, 0.25) is 0 Å². The van der Waals surface area contributed by atoms with Crippen LogP contribution in [0.3, 0.4) is 0 Å². The van der Waals surface area contributed by atoms with E-state index in [4.69, 9.17) is 0 Å². The third-order valence-corrected chi connectivity index (χ3v) is 2.01. The first-order valence-electron chi connectivity index (χ1n) is 4.26. The number of benzene rings is 1. The lowest BCUT2D eigenvalue weighted by atomic mass is 10.1. The van der Waals surface area contributed by atoms with Crippen LogP contribution in [0.5, 0.6) is 0 Å². The second-order valence-corrected chi connectivity index (χ2v) is 3.08. The highest BCUT2D eigenvalue weighted by Crippen LogP contribution is 2.32. The molecule has 84 valence electrons. The van der Waals surface area contributed by atoms with Crippen molar-refractivity contribution in [2.75, 3.05) is 0 Å². The van der Waals surface area contributed by atoms with E-state index in [1.54, 1.807) is 0 Å². The fourth-order valence-corrected chi connectivity index (χ4v) is 1.25. The van der Waals surface area contributed by atoms with Gasteiger partial charge < -0.3 is 4.52 Å². The molecule has 0 spiro atoms. The molecule has 0 unspecified atom stereocenters. The first-order valence-corrected chi connectivity index (χ1v) is 4.26. The molecule has 0 atom stereocenters. The van der Waals surface area contributed by atoms with E-state index in [1.165, 1.54) is 6.07 Å². The van der Waals surface area contributed by atoms with E-state index in [0.29, 0.717) is 12.1 Å². The quantitative estimate of drug-likeness (QED) is 0.702. The Balaban J connectivity index is 2.54. The fraction of sp³-hybridized carbons (Fsp3) is 0.100. The lowest BCUT2D eigenvalue weighted by molar-refractivity contribution is -0.137. The number of hydrogen-bond donors (Lipinski definition) is 0. The zero-order chi connectivity index (χ0) is 11.8. The maximum absolute atomic E-state index is 13.3. The Labute approximate surface area is 87.5 Å². The van der Waals surface area contributed by atoms with Crippen LogP contribution in [0.15, 0.2) is 35.1 Å². The summed E-state index contributed by atoms with van der Waals surface area (Å²) in [5, 5.41) is 3.39. The maximum Gasteiger partial charge on any atom is 0.416 e. The molecule has 0 aliphatic carbocycles. The van der Waals surface area contributed by atoms with Gasteiger partial charge in [-0.3, -0.25) is 0 Å². The Morgan fingerprint density at radius 2 is 1.88 bits per heavy atom. The largest absolute Gasteiger partial charge is 0.416 e. The van der Waals surface area contributed by atoms with Crippen molar-refractivity contribution < 1.29 is 22.1 Å². The number of alkyl halides is 3. The van der Waals surface area contributed by atoms with E-state index in [0.717, 1.165) is 12.3 Å². The van der Waals surface area contributed by atoms with Gasteiger partial charge >= 0.3 is 6.18 Å². The van der Waals surface area contributed by atoms with Crippen LogP contribution in [-0.2, 0) is 6.18 Å². The highest BCUT2D eigenvalue weighted by molar-refractivity contribution is 5.60. The Hall–Kier alpha value is -1.85. The number of rotatable bonds is 1. The molecule has 0 fully saturated rings. The normalized spacial score (nSPS) is 11.8. The van der Waals surface area contributed by atoms with Crippen LogP contribution < -0.4 is 0 Å². The summed E-state index contributed by atoms with van der Waals surface area (Å²) in [7, 11) is 0. The van der Waals surface area contributed by atoms with Gasteiger partial charge in [0.15, 0.2) is 0 Å². The zero-order valence-electron chi connectivity index (χ0n) is 7.75. The fourth-order valence-electron chi connectivity index (χ4n) is 1.25. The van der Waals surface area contributed by atoms with Gasteiger partial charge in [-0.2, -0.15) is 13.2 Å². The van der Waals surface area contributed by atoms with Gasteiger partial charge in [-0.1, -0.05) is 5.16 Å². The molecule has 6 heteroatoms. The van der Waals surface area contributed by atoms with Crippen molar-refractivity contribution in [1.82, 2.24) is 5.16 Å². The summed E-state index contributed by atoms with van der Waals surface area (Å²) in [5.74, 6) is -0.776. The van der Waals surface area contributed by atoms with Crippen molar-refractivity contribution in [3.8, 4) is 11.3 Å². The van der Waals surface area contributed by atoms with Crippen LogP contribution in [-0.4, -0.2) is 5.16 Å². The Morgan fingerprint density at radius 3 is 2.44 bits per heavy atom. The van der Waals surface area contributed by atoms with E-state index in [-0.39, 0.29) is 11.3 Å². The molecule has 0 radical (unpaired) electrons. The van der Waals surface area contributed by atoms with Gasteiger partial charge in [0.1, 0.15) is 17.8 Å². The molecule has 0 bridgehead atoms. The van der Waals surface area contributed by atoms with Crippen LogP contribution in [0.4, 0.5) is 17.6 Å². The lowest BCUT2D eigenvalue weighted by Gasteiger charge is -2.08. The summed E-state index contributed by atoms with van der Waals surface area (Å²) in [6.07, 6.45) is -3.35. The summed E-state index contributed by atoms with van der Waals surface area (Å²) in [6.45, 7) is 0. The molecule has 2 nitrogen and oxygen atoms in total. The number of halogens is 4. The van der Waals surface area contributed by atoms with Crippen LogP contribution >= 0.6 is 0 Å². The minimum Gasteiger partial charge on any atom is -0.364 e. The first-order chi connectivity index (χ1) is 7.48. The summed E-state index contributed by atoms with van der Waals surface area (Å²) >= 11 is 0. The second kappa shape index (κ2) is 3.62. The number of nitrogens with zero attached hydrogens (tertiary/aromatic N) is 1. The number of hydrogen-bond acceptors (Lipinski definition) is 2. The molecule has 0 N–H and O–H groups in total. The van der Waals surface area contributed by atoms with E-state index in [1.807, 2.05) is 0 Å². The third kappa shape index (κ3) is 1.91. The molecule has 0 saturated carbocycles. The summed E-state index contributed by atoms with van der Waals surface area (Å²) in [4.78, 5) is 0. The minimum atomic E-state index is -4.51. The molecular formula is C10H5F4NO. The smallest absolute Gasteiger partial charge is 0.364 e. The van der Waals surface area contributed by atoms with E-state index in [2.05, 4.69) is 9.68 Å². The Morgan fingerprint density at radius 1 is 1.12 bits per heavy atom. The summed E-state index contributed by atoms with van der Waals surface area (Å²) < 4.78 is 54.8. The molecular weight excluding hydrogens is 226 g/mol. The number of aromatic nitrogens is 1. The van der Waals surface area contributed by atoms with Crippen molar-refractivity contribution in [3.05, 3.63) is 41.9 Å². The van der Waals surface area contributed by atoms with E-state index < -0.39 is 17.6 Å². The van der Waals surface area contributed by atoms with Crippen LogP contribution in [0, 0.1) is 5.82 Å². The Kier molecular flexibility index (Phi) is 2.41. The van der Waals surface area contributed by atoms with Crippen molar-refractivity contribution >= 4 is 0 Å². The lowest BCUT2D eigenvalue weighted by Crippen LogP contribution is -2.05. The molecule has 1 aromatic heterocycles. The van der Waals surface area contributed by atoms with Gasteiger partial charge in [-0.15, -0.1) is 0 Å². The second-order valence-electron chi connectivity index (χ2n) is 3.08. The minimum absolute atomic E-state index is 0.0311. The Bertz CT molecular complexity index is 490. The van der Waals surface area contributed by atoms with Gasteiger partial charge in [0.05, 0.1) is 5.56 Å². The molecule has 1 heterocycles. The van der Waals surface area contributed by atoms with Crippen LogP contribution in [0.2, 0.25) is 0 Å². The van der Waals surface area contributed by atoms with Crippen LogP contribution in [0.25, 0.3) is 11.3 Å². The van der Waals surface area contributed by atoms with Gasteiger partial charge in [-0.05, 0) is 18.2 Å². The average Bonchev–Trinajstić information content (AvgIpc) is 2.69. The van der Waals surface area contributed by atoms with Crippen LogP contribution in [0.1, 0.15) is 5.56 Å². The average molecular weight is 231 g/mol. The third-order valence-electron chi connectivity index (χ3n) is 2.01. The van der Waals surface area contributed by atoms with E-state index in [9.17, 15) is 17.6 Å². The summed E-state index contributed by atoms with van der Waals surface area (Å²) in [6, 6.07) is 3.43. The SMILES string of the molecule is Fc1ccc(C(F)(F)F)cc1-c1ccon1. The van der Waals surface area contributed by atoms with Gasteiger partial charge in [0.25, 0.3) is 0 Å². The first kappa shape index (κ1) is 10.7. The van der Waals surface area contributed by atoms with Crippen molar-refractivity contribution in [2.24, 2.45) is 0 Å². The predicted octanol–water partition coefficient (Wildman–Crippen LogP) is 3.50. The van der Waals surface area contributed by atoms with Gasteiger partial charge in [-0.25, -0.2) is 4.39 Å². The molecule has 0 aliphatic heterocycles. The van der Waals surface area contributed by atoms with Crippen molar-refractivity contribution in [3.63, 3.8) is 0 Å². The van der Waals surface area contributed by atoms with Gasteiger partial charge in [0, 0.05) is 11.6 Å². The molecule has 0 aliphatic rings. The topological polar surface area (TPSA) is 26.0 Å². The van der Waals surface area contributed by atoms with E-state index >= 15 is 0 Å².